The Bertz CT molecular complexity index is 930. The first-order valence-electron chi connectivity index (χ1n) is 10.2. The topological polar surface area (TPSA) is 77.7 Å². The minimum Gasteiger partial charge on any atom is -0.484 e. The molecule has 0 bridgehead atoms. The van der Waals surface area contributed by atoms with Crippen molar-refractivity contribution in [1.29, 1.82) is 0 Å². The van der Waals surface area contributed by atoms with E-state index in [1.807, 2.05) is 65.6 Å². The smallest absolute Gasteiger partial charge is 0.260 e. The summed E-state index contributed by atoms with van der Waals surface area (Å²) < 4.78 is 16.6. The summed E-state index contributed by atoms with van der Waals surface area (Å²) in [6.45, 7) is 2.08. The van der Waals surface area contributed by atoms with E-state index in [4.69, 9.17) is 14.0 Å². The molecule has 0 N–H and O–H groups in total. The number of nitrogens with zero attached hydrogens (tertiary/aromatic N) is 3. The maximum atomic E-state index is 12.5. The molecule has 3 aromatic rings. The monoisotopic (exact) mass is 407 g/mol. The third-order valence-electron chi connectivity index (χ3n) is 5.07. The molecule has 0 spiro atoms. The Morgan fingerprint density at radius 2 is 1.83 bits per heavy atom. The van der Waals surface area contributed by atoms with E-state index in [9.17, 15) is 4.79 Å². The van der Waals surface area contributed by atoms with Crippen LogP contribution >= 0.6 is 0 Å². The predicted molar refractivity (Wildman–Crippen MR) is 110 cm³/mol. The van der Waals surface area contributed by atoms with Gasteiger partial charge in [0.25, 0.3) is 11.8 Å². The van der Waals surface area contributed by atoms with E-state index >= 15 is 0 Å². The maximum Gasteiger partial charge on any atom is 0.260 e. The molecule has 7 nitrogen and oxygen atoms in total. The van der Waals surface area contributed by atoms with Crippen molar-refractivity contribution in [3.63, 3.8) is 0 Å². The summed E-state index contributed by atoms with van der Waals surface area (Å²) in [5.41, 5.74) is 1.09. The van der Waals surface area contributed by atoms with E-state index in [0.717, 1.165) is 24.9 Å². The molecule has 156 valence electrons. The van der Waals surface area contributed by atoms with Crippen LogP contribution in [0.4, 0.5) is 0 Å². The number of ether oxygens (including phenoxy) is 2. The summed E-state index contributed by atoms with van der Waals surface area (Å²) in [5.74, 6) is 1.81. The Labute approximate surface area is 175 Å². The molecule has 1 saturated heterocycles. The molecule has 1 atom stereocenters. The Hall–Kier alpha value is -3.19. The average Bonchev–Trinajstić information content (AvgIpc) is 3.28. The van der Waals surface area contributed by atoms with Crippen LogP contribution in [0.1, 0.15) is 36.0 Å². The molecular formula is C23H25N3O4. The highest BCUT2D eigenvalue weighted by Gasteiger charge is 2.28. The summed E-state index contributed by atoms with van der Waals surface area (Å²) >= 11 is 0. The Kier molecular flexibility index (Phi) is 6.72. The van der Waals surface area contributed by atoms with E-state index in [0.29, 0.717) is 30.6 Å². The van der Waals surface area contributed by atoms with Gasteiger partial charge >= 0.3 is 0 Å². The second kappa shape index (κ2) is 10.0. The van der Waals surface area contributed by atoms with Crippen molar-refractivity contribution in [2.45, 2.75) is 32.0 Å². The number of hydrogen-bond donors (Lipinski definition) is 0. The fraction of sp³-hybridized carbons (Fsp3) is 0.348. The van der Waals surface area contributed by atoms with Gasteiger partial charge in [0.15, 0.2) is 12.4 Å². The minimum atomic E-state index is -0.0292. The van der Waals surface area contributed by atoms with Crippen molar-refractivity contribution in [1.82, 2.24) is 15.0 Å². The summed E-state index contributed by atoms with van der Waals surface area (Å²) in [6, 6.07) is 19.3. The van der Waals surface area contributed by atoms with Crippen LogP contribution in [-0.2, 0) is 22.7 Å². The molecule has 7 heteroatoms. The van der Waals surface area contributed by atoms with Gasteiger partial charge in [-0.1, -0.05) is 53.7 Å². The van der Waals surface area contributed by atoms with Crippen LogP contribution in [0, 0.1) is 0 Å². The fourth-order valence-corrected chi connectivity index (χ4v) is 3.49. The van der Waals surface area contributed by atoms with Crippen LogP contribution in [0.25, 0.3) is 0 Å². The van der Waals surface area contributed by atoms with E-state index < -0.39 is 0 Å². The average molecular weight is 407 g/mol. The van der Waals surface area contributed by atoms with Crippen molar-refractivity contribution in [2.24, 2.45) is 0 Å². The fourth-order valence-electron chi connectivity index (χ4n) is 3.49. The number of benzene rings is 2. The summed E-state index contributed by atoms with van der Waals surface area (Å²) in [4.78, 5) is 18.8. The predicted octanol–water partition coefficient (Wildman–Crippen LogP) is 3.57. The van der Waals surface area contributed by atoms with Crippen LogP contribution in [-0.4, -0.2) is 40.6 Å². The van der Waals surface area contributed by atoms with Crippen LogP contribution in [0.2, 0.25) is 0 Å². The molecule has 30 heavy (non-hydrogen) atoms. The number of aromatic nitrogens is 2. The maximum absolute atomic E-state index is 12.5. The molecular weight excluding hydrogens is 382 g/mol. The molecule has 0 saturated carbocycles. The third-order valence-corrected chi connectivity index (χ3v) is 5.07. The van der Waals surface area contributed by atoms with Gasteiger partial charge in [0.1, 0.15) is 12.4 Å². The molecule has 1 aliphatic heterocycles. The number of amides is 1. The lowest BCUT2D eigenvalue weighted by atomic mass is 9.97. The number of likely N-dealkylation sites (tertiary alicyclic amines) is 1. The van der Waals surface area contributed by atoms with Crippen molar-refractivity contribution >= 4 is 5.91 Å². The molecule has 2 heterocycles. The highest BCUT2D eigenvalue weighted by Crippen LogP contribution is 2.25. The quantitative estimate of drug-likeness (QED) is 0.568. The highest BCUT2D eigenvalue weighted by molar-refractivity contribution is 5.78. The van der Waals surface area contributed by atoms with Gasteiger partial charge in [0.2, 0.25) is 0 Å². The second-order valence-corrected chi connectivity index (χ2v) is 7.31. The van der Waals surface area contributed by atoms with Crippen molar-refractivity contribution in [2.75, 3.05) is 19.7 Å². The van der Waals surface area contributed by atoms with E-state index in [-0.39, 0.29) is 25.0 Å². The molecule has 4 rings (SSSR count). The zero-order valence-corrected chi connectivity index (χ0v) is 16.8. The van der Waals surface area contributed by atoms with Gasteiger partial charge in [-0.3, -0.25) is 4.79 Å². The number of piperidine rings is 1. The molecule has 1 fully saturated rings. The van der Waals surface area contributed by atoms with Gasteiger partial charge in [0, 0.05) is 19.0 Å². The molecule has 1 amide bonds. The normalized spacial score (nSPS) is 16.4. The zero-order valence-electron chi connectivity index (χ0n) is 16.8. The van der Waals surface area contributed by atoms with E-state index in [2.05, 4.69) is 10.1 Å². The van der Waals surface area contributed by atoms with Gasteiger partial charge < -0.3 is 18.9 Å². The standard InChI is InChI=1S/C23H25N3O4/c27-22(17-29-20-11-5-2-6-12-20)26-13-7-10-19(14-26)23-24-21(30-25-23)16-28-15-18-8-3-1-4-9-18/h1-6,8-9,11-12,19H,7,10,13-17H2. The molecule has 2 aromatic carbocycles. The van der Waals surface area contributed by atoms with Crippen molar-refractivity contribution < 1.29 is 18.8 Å². The van der Waals surface area contributed by atoms with E-state index in [1.54, 1.807) is 0 Å². The van der Waals surface area contributed by atoms with Gasteiger partial charge in [-0.25, -0.2) is 0 Å². The lowest BCUT2D eigenvalue weighted by Crippen LogP contribution is -2.41. The summed E-state index contributed by atoms with van der Waals surface area (Å²) in [5, 5.41) is 4.12. The number of carbonyl (C=O) groups excluding carboxylic acids is 1. The SMILES string of the molecule is O=C(COc1ccccc1)N1CCCC(c2noc(COCc3ccccc3)n2)C1. The second-order valence-electron chi connectivity index (χ2n) is 7.31. The summed E-state index contributed by atoms with van der Waals surface area (Å²) in [7, 11) is 0. The number of rotatable bonds is 8. The first-order valence-corrected chi connectivity index (χ1v) is 10.2. The number of para-hydroxylation sites is 1. The highest BCUT2D eigenvalue weighted by atomic mass is 16.5. The lowest BCUT2D eigenvalue weighted by molar-refractivity contribution is -0.134. The van der Waals surface area contributed by atoms with Crippen molar-refractivity contribution in [3.05, 3.63) is 77.9 Å². The largest absolute Gasteiger partial charge is 0.484 e. The number of hydrogen-bond acceptors (Lipinski definition) is 6. The minimum absolute atomic E-state index is 0.0292. The molecule has 1 aromatic heterocycles. The van der Waals surface area contributed by atoms with Crippen LogP contribution in [0.3, 0.4) is 0 Å². The van der Waals surface area contributed by atoms with Gasteiger partial charge in [-0.15, -0.1) is 0 Å². The third kappa shape index (κ3) is 5.45. The van der Waals surface area contributed by atoms with Crippen molar-refractivity contribution in [3.8, 4) is 5.75 Å². The zero-order chi connectivity index (χ0) is 20.6. The van der Waals surface area contributed by atoms with Gasteiger partial charge in [0.05, 0.1) is 6.61 Å². The number of carbonyl (C=O) groups is 1. The summed E-state index contributed by atoms with van der Waals surface area (Å²) in [6.07, 6.45) is 1.82. The Morgan fingerprint density at radius 1 is 1.07 bits per heavy atom. The lowest BCUT2D eigenvalue weighted by Gasteiger charge is -2.31. The van der Waals surface area contributed by atoms with Gasteiger partial charge in [-0.2, -0.15) is 4.98 Å². The Morgan fingerprint density at radius 3 is 2.63 bits per heavy atom. The van der Waals surface area contributed by atoms with E-state index in [1.165, 1.54) is 0 Å². The van der Waals surface area contributed by atoms with Gasteiger partial charge in [-0.05, 0) is 30.5 Å². The van der Waals surface area contributed by atoms with Crippen LogP contribution in [0.5, 0.6) is 5.75 Å². The van der Waals surface area contributed by atoms with Crippen LogP contribution < -0.4 is 4.74 Å². The first kappa shape index (κ1) is 20.1. The van der Waals surface area contributed by atoms with Crippen LogP contribution in [0.15, 0.2) is 65.2 Å². The first-order chi connectivity index (χ1) is 14.8. The molecule has 1 unspecified atom stereocenters. The molecule has 0 aliphatic carbocycles. The molecule has 1 aliphatic rings. The molecule has 0 radical (unpaired) electrons. The Balaban J connectivity index is 1.26.